The fourth-order valence-electron chi connectivity index (χ4n) is 1.75. The second-order valence-electron chi connectivity index (χ2n) is 5.02. The van der Waals surface area contributed by atoms with Gasteiger partial charge in [-0.3, -0.25) is 4.72 Å². The molecule has 7 heteroatoms. The van der Waals surface area contributed by atoms with Gasteiger partial charge in [0.05, 0.1) is 10.9 Å². The largest absolute Gasteiger partial charge is 0.313 e. The SMILES string of the molecule is CCc1nc(NS(=O)(=O)C(C)CNC2CC2)sc1C. The third kappa shape index (κ3) is 3.90. The summed E-state index contributed by atoms with van der Waals surface area (Å²) < 4.78 is 26.9. The van der Waals surface area contributed by atoms with Gasteiger partial charge in [0.25, 0.3) is 0 Å². The highest BCUT2D eigenvalue weighted by Gasteiger charge is 2.26. The van der Waals surface area contributed by atoms with Crippen LogP contribution in [0.15, 0.2) is 0 Å². The van der Waals surface area contributed by atoms with Crippen LogP contribution in [0.2, 0.25) is 0 Å². The molecule has 1 unspecified atom stereocenters. The summed E-state index contributed by atoms with van der Waals surface area (Å²) in [5.41, 5.74) is 0.964. The number of rotatable bonds is 7. The molecule has 1 fully saturated rings. The van der Waals surface area contributed by atoms with Gasteiger partial charge in [0.1, 0.15) is 0 Å². The second-order valence-corrected chi connectivity index (χ2v) is 8.32. The van der Waals surface area contributed by atoms with E-state index in [1.807, 2.05) is 13.8 Å². The molecule has 1 atom stereocenters. The highest BCUT2D eigenvalue weighted by Crippen LogP contribution is 2.24. The fourth-order valence-corrected chi connectivity index (χ4v) is 3.83. The summed E-state index contributed by atoms with van der Waals surface area (Å²) in [5, 5.41) is 3.26. The standard InChI is InChI=1S/C12H21N3O2S2/c1-4-11-9(3)18-12(14-11)15-19(16,17)8(2)7-13-10-5-6-10/h8,10,13H,4-7H2,1-3H3,(H,14,15). The van der Waals surface area contributed by atoms with Gasteiger partial charge in [0.2, 0.25) is 10.0 Å². The fraction of sp³-hybridized carbons (Fsp3) is 0.750. The van der Waals surface area contributed by atoms with E-state index in [9.17, 15) is 8.42 Å². The highest BCUT2D eigenvalue weighted by atomic mass is 32.2. The Labute approximate surface area is 118 Å². The second kappa shape index (κ2) is 5.76. The summed E-state index contributed by atoms with van der Waals surface area (Å²) in [4.78, 5) is 5.38. The molecule has 0 radical (unpaired) electrons. The number of aromatic nitrogens is 1. The molecule has 0 saturated heterocycles. The minimum Gasteiger partial charge on any atom is -0.313 e. The van der Waals surface area contributed by atoms with Gasteiger partial charge in [-0.15, -0.1) is 11.3 Å². The van der Waals surface area contributed by atoms with E-state index in [0.717, 1.165) is 29.8 Å². The molecule has 0 aromatic carbocycles. The van der Waals surface area contributed by atoms with Gasteiger partial charge in [-0.1, -0.05) is 6.92 Å². The lowest BCUT2D eigenvalue weighted by Gasteiger charge is -2.13. The van der Waals surface area contributed by atoms with Crippen molar-refractivity contribution in [3.63, 3.8) is 0 Å². The van der Waals surface area contributed by atoms with Crippen molar-refractivity contribution in [1.82, 2.24) is 10.3 Å². The quantitative estimate of drug-likeness (QED) is 0.807. The Hall–Kier alpha value is -0.660. The molecule has 0 aliphatic heterocycles. The predicted molar refractivity (Wildman–Crippen MR) is 79.3 cm³/mol. The molecule has 2 rings (SSSR count). The van der Waals surface area contributed by atoms with Crippen molar-refractivity contribution < 1.29 is 8.42 Å². The number of nitrogens with zero attached hydrogens (tertiary/aromatic N) is 1. The summed E-state index contributed by atoms with van der Waals surface area (Å²) in [5.74, 6) is 0. The van der Waals surface area contributed by atoms with Crippen LogP contribution in [0.4, 0.5) is 5.13 Å². The molecule has 0 amide bonds. The van der Waals surface area contributed by atoms with E-state index >= 15 is 0 Å². The maximum absolute atomic E-state index is 12.2. The lowest BCUT2D eigenvalue weighted by atomic mass is 10.3. The third-order valence-corrected chi connectivity index (χ3v) is 6.02. The van der Waals surface area contributed by atoms with Crippen LogP contribution in [0.3, 0.4) is 0 Å². The van der Waals surface area contributed by atoms with E-state index < -0.39 is 15.3 Å². The Bertz CT molecular complexity index is 535. The van der Waals surface area contributed by atoms with Crippen LogP contribution in [0, 0.1) is 6.92 Å². The number of hydrogen-bond acceptors (Lipinski definition) is 5. The summed E-state index contributed by atoms with van der Waals surface area (Å²) in [7, 11) is -3.36. The molecule has 5 nitrogen and oxygen atoms in total. The number of hydrogen-bond donors (Lipinski definition) is 2. The Morgan fingerprint density at radius 3 is 2.68 bits per heavy atom. The van der Waals surface area contributed by atoms with E-state index in [0.29, 0.717) is 17.7 Å². The number of nitrogens with one attached hydrogen (secondary N) is 2. The molecular formula is C12H21N3O2S2. The van der Waals surface area contributed by atoms with Crippen LogP contribution in [0.1, 0.15) is 37.3 Å². The Balaban J connectivity index is 1.97. The monoisotopic (exact) mass is 303 g/mol. The lowest BCUT2D eigenvalue weighted by molar-refractivity contribution is 0.576. The summed E-state index contributed by atoms with van der Waals surface area (Å²) >= 11 is 1.40. The maximum Gasteiger partial charge on any atom is 0.238 e. The van der Waals surface area contributed by atoms with Gasteiger partial charge in [-0.2, -0.15) is 0 Å². The Kier molecular flexibility index (Phi) is 4.47. The Morgan fingerprint density at radius 1 is 1.47 bits per heavy atom. The first-order valence-corrected chi connectivity index (χ1v) is 9.00. The van der Waals surface area contributed by atoms with Gasteiger partial charge in [-0.25, -0.2) is 13.4 Å². The highest BCUT2D eigenvalue weighted by molar-refractivity contribution is 7.93. The molecule has 1 aliphatic rings. The lowest BCUT2D eigenvalue weighted by Crippen LogP contribution is -2.35. The van der Waals surface area contributed by atoms with E-state index in [1.54, 1.807) is 6.92 Å². The number of thiazole rings is 1. The van der Waals surface area contributed by atoms with Crippen LogP contribution in [-0.4, -0.2) is 31.2 Å². The predicted octanol–water partition coefficient (Wildman–Crippen LogP) is 1.90. The van der Waals surface area contributed by atoms with Gasteiger partial charge in [-0.05, 0) is 33.1 Å². The van der Waals surface area contributed by atoms with Crippen molar-refractivity contribution in [2.75, 3.05) is 11.3 Å². The van der Waals surface area contributed by atoms with Crippen molar-refractivity contribution in [2.24, 2.45) is 0 Å². The molecule has 1 heterocycles. The van der Waals surface area contributed by atoms with Gasteiger partial charge in [0.15, 0.2) is 5.13 Å². The van der Waals surface area contributed by atoms with E-state index in [2.05, 4.69) is 15.0 Å². The summed E-state index contributed by atoms with van der Waals surface area (Å²) in [6, 6.07) is 0.520. The first-order valence-electron chi connectivity index (χ1n) is 6.63. The van der Waals surface area contributed by atoms with Crippen LogP contribution in [-0.2, 0) is 16.4 Å². The zero-order chi connectivity index (χ0) is 14.0. The van der Waals surface area contributed by atoms with Crippen molar-refractivity contribution in [1.29, 1.82) is 0 Å². The van der Waals surface area contributed by atoms with E-state index in [4.69, 9.17) is 0 Å². The van der Waals surface area contributed by atoms with Crippen LogP contribution >= 0.6 is 11.3 Å². The minimum atomic E-state index is -3.36. The summed E-state index contributed by atoms with van der Waals surface area (Å²) in [6.07, 6.45) is 3.14. The minimum absolute atomic E-state index is 0.456. The molecule has 19 heavy (non-hydrogen) atoms. The van der Waals surface area contributed by atoms with Crippen LogP contribution in [0.25, 0.3) is 0 Å². The smallest absolute Gasteiger partial charge is 0.238 e. The molecule has 1 aliphatic carbocycles. The van der Waals surface area contributed by atoms with Gasteiger partial charge >= 0.3 is 0 Å². The maximum atomic E-state index is 12.2. The molecule has 1 saturated carbocycles. The zero-order valence-electron chi connectivity index (χ0n) is 11.6. The van der Waals surface area contributed by atoms with Crippen molar-refractivity contribution in [3.8, 4) is 0 Å². The number of sulfonamides is 1. The molecule has 0 spiro atoms. The van der Waals surface area contributed by atoms with Crippen LogP contribution in [0.5, 0.6) is 0 Å². The van der Waals surface area contributed by atoms with Crippen molar-refractivity contribution in [3.05, 3.63) is 10.6 Å². The van der Waals surface area contributed by atoms with Crippen LogP contribution < -0.4 is 10.0 Å². The first-order chi connectivity index (χ1) is 8.92. The molecule has 1 aromatic heterocycles. The van der Waals surface area contributed by atoms with Crippen molar-refractivity contribution in [2.45, 2.75) is 51.3 Å². The van der Waals surface area contributed by atoms with Gasteiger partial charge < -0.3 is 5.32 Å². The first kappa shape index (κ1) is 14.7. The molecule has 108 valence electrons. The Morgan fingerprint density at radius 2 is 2.16 bits per heavy atom. The topological polar surface area (TPSA) is 71.1 Å². The van der Waals surface area contributed by atoms with Gasteiger partial charge in [0, 0.05) is 17.5 Å². The molecule has 1 aromatic rings. The molecule has 2 N–H and O–H groups in total. The summed E-state index contributed by atoms with van der Waals surface area (Å²) in [6.45, 7) is 6.19. The third-order valence-electron chi connectivity index (χ3n) is 3.26. The normalized spacial score (nSPS) is 17.4. The zero-order valence-corrected chi connectivity index (χ0v) is 13.2. The van der Waals surface area contributed by atoms with E-state index in [-0.39, 0.29) is 0 Å². The molecular weight excluding hydrogens is 282 g/mol. The average Bonchev–Trinajstić information content (AvgIpc) is 3.10. The average molecular weight is 303 g/mol. The van der Waals surface area contributed by atoms with Crippen molar-refractivity contribution >= 4 is 26.5 Å². The number of anilines is 1. The van der Waals surface area contributed by atoms with E-state index in [1.165, 1.54) is 11.3 Å². The molecule has 0 bridgehead atoms. The number of aryl methyl sites for hydroxylation is 2.